The smallest absolute Gasteiger partial charge is 0.0731 e. The molecule has 1 aromatic heterocycles. The molecule has 1 aromatic rings. The molecule has 2 rings (SSSR count). The van der Waals surface area contributed by atoms with Crippen LogP contribution in [-0.4, -0.2) is 6.54 Å². The fraction of sp³-hybridized carbons (Fsp3) is 0.750. The van der Waals surface area contributed by atoms with E-state index in [1.807, 2.05) is 11.3 Å². The third-order valence-corrected chi connectivity index (χ3v) is 6.51. The predicted octanol–water partition coefficient (Wildman–Crippen LogP) is 5.83. The summed E-state index contributed by atoms with van der Waals surface area (Å²) in [5.74, 6) is 0.986. The summed E-state index contributed by atoms with van der Waals surface area (Å²) < 4.78 is 1.29. The van der Waals surface area contributed by atoms with E-state index in [1.54, 1.807) is 0 Å². The Hall–Kier alpha value is 0.140. The van der Waals surface area contributed by atoms with Crippen LogP contribution in [0.3, 0.4) is 0 Å². The SMILES string of the molecule is CCNC(CCC1CCCCC1)c1cc(C)c(Br)s1. The van der Waals surface area contributed by atoms with Crippen molar-refractivity contribution >= 4 is 27.3 Å². The van der Waals surface area contributed by atoms with Crippen LogP contribution in [0.1, 0.15) is 68.4 Å². The maximum atomic E-state index is 3.67. The molecule has 1 aliphatic rings. The normalized spacial score (nSPS) is 18.7. The van der Waals surface area contributed by atoms with E-state index in [4.69, 9.17) is 0 Å². The van der Waals surface area contributed by atoms with Gasteiger partial charge in [0.05, 0.1) is 3.79 Å². The lowest BCUT2D eigenvalue weighted by Crippen LogP contribution is -2.21. The van der Waals surface area contributed by atoms with Gasteiger partial charge in [0.15, 0.2) is 0 Å². The van der Waals surface area contributed by atoms with Gasteiger partial charge >= 0.3 is 0 Å². The molecule has 1 unspecified atom stereocenters. The maximum absolute atomic E-state index is 3.67. The van der Waals surface area contributed by atoms with E-state index in [0.717, 1.165) is 12.5 Å². The Morgan fingerprint density at radius 1 is 1.37 bits per heavy atom. The van der Waals surface area contributed by atoms with E-state index >= 15 is 0 Å². The number of hydrogen-bond donors (Lipinski definition) is 1. The maximum Gasteiger partial charge on any atom is 0.0731 e. The fourth-order valence-corrected chi connectivity index (χ4v) is 4.81. The number of hydrogen-bond acceptors (Lipinski definition) is 2. The predicted molar refractivity (Wildman–Crippen MR) is 89.0 cm³/mol. The fourth-order valence-electron chi connectivity index (χ4n) is 3.12. The lowest BCUT2D eigenvalue weighted by molar-refractivity contribution is 0.316. The second kappa shape index (κ2) is 7.80. The molecule has 0 bridgehead atoms. The first-order valence-corrected chi connectivity index (χ1v) is 9.31. The average molecular weight is 344 g/mol. The molecular weight excluding hydrogens is 318 g/mol. The number of nitrogens with one attached hydrogen (secondary N) is 1. The van der Waals surface area contributed by atoms with Gasteiger partial charge in [-0.25, -0.2) is 0 Å². The molecule has 1 aliphatic carbocycles. The lowest BCUT2D eigenvalue weighted by atomic mass is 9.85. The Kier molecular flexibility index (Phi) is 6.37. The van der Waals surface area contributed by atoms with Crippen LogP contribution >= 0.6 is 27.3 Å². The van der Waals surface area contributed by atoms with Gasteiger partial charge < -0.3 is 5.32 Å². The molecule has 1 nitrogen and oxygen atoms in total. The van der Waals surface area contributed by atoms with E-state index in [-0.39, 0.29) is 0 Å². The molecule has 1 saturated carbocycles. The minimum Gasteiger partial charge on any atom is -0.310 e. The topological polar surface area (TPSA) is 12.0 Å². The molecule has 1 heterocycles. The number of aryl methyl sites for hydroxylation is 1. The summed E-state index contributed by atoms with van der Waals surface area (Å²) in [6, 6.07) is 2.91. The Labute approximate surface area is 130 Å². The van der Waals surface area contributed by atoms with Crippen LogP contribution in [-0.2, 0) is 0 Å². The van der Waals surface area contributed by atoms with Gasteiger partial charge in [0.2, 0.25) is 0 Å². The van der Waals surface area contributed by atoms with Gasteiger partial charge in [-0.05, 0) is 59.8 Å². The second-order valence-electron chi connectivity index (χ2n) is 5.80. The second-order valence-corrected chi connectivity index (χ2v) is 8.20. The Balaban J connectivity index is 1.91. The molecule has 0 saturated heterocycles. The summed E-state index contributed by atoms with van der Waals surface area (Å²) in [7, 11) is 0. The quantitative estimate of drug-likeness (QED) is 0.684. The summed E-state index contributed by atoms with van der Waals surface area (Å²) in [6.07, 6.45) is 10.00. The molecule has 0 spiro atoms. The Bertz CT molecular complexity index is 363. The first kappa shape index (κ1) is 15.5. The van der Waals surface area contributed by atoms with Crippen molar-refractivity contribution in [3.8, 4) is 0 Å². The van der Waals surface area contributed by atoms with Crippen LogP contribution in [0.5, 0.6) is 0 Å². The summed E-state index contributed by atoms with van der Waals surface area (Å²) >= 11 is 5.56. The highest BCUT2D eigenvalue weighted by atomic mass is 79.9. The summed E-state index contributed by atoms with van der Waals surface area (Å²) in [5, 5.41) is 3.67. The summed E-state index contributed by atoms with van der Waals surface area (Å²) in [5.41, 5.74) is 1.38. The van der Waals surface area contributed by atoms with E-state index in [2.05, 4.69) is 41.2 Å². The Morgan fingerprint density at radius 2 is 2.11 bits per heavy atom. The highest BCUT2D eigenvalue weighted by molar-refractivity contribution is 9.11. The van der Waals surface area contributed by atoms with Crippen LogP contribution in [0, 0.1) is 12.8 Å². The molecule has 108 valence electrons. The molecule has 0 aromatic carbocycles. The molecule has 0 aliphatic heterocycles. The molecule has 3 heteroatoms. The Morgan fingerprint density at radius 3 is 2.68 bits per heavy atom. The highest BCUT2D eigenvalue weighted by Gasteiger charge is 2.18. The minimum atomic E-state index is 0.557. The van der Waals surface area contributed by atoms with Crippen molar-refractivity contribution < 1.29 is 0 Å². The van der Waals surface area contributed by atoms with E-state index < -0.39 is 0 Å². The van der Waals surface area contributed by atoms with E-state index in [0.29, 0.717) is 6.04 Å². The molecule has 19 heavy (non-hydrogen) atoms. The van der Waals surface area contributed by atoms with Crippen LogP contribution < -0.4 is 5.32 Å². The van der Waals surface area contributed by atoms with Gasteiger partial charge in [-0.2, -0.15) is 0 Å². The van der Waals surface area contributed by atoms with Crippen molar-refractivity contribution in [2.24, 2.45) is 5.92 Å². The van der Waals surface area contributed by atoms with Gasteiger partial charge in [0.1, 0.15) is 0 Å². The van der Waals surface area contributed by atoms with Crippen LogP contribution in [0.2, 0.25) is 0 Å². The molecular formula is C16H26BrNS. The zero-order chi connectivity index (χ0) is 13.7. The monoisotopic (exact) mass is 343 g/mol. The zero-order valence-electron chi connectivity index (χ0n) is 12.2. The first-order chi connectivity index (χ1) is 9.20. The first-order valence-electron chi connectivity index (χ1n) is 7.70. The van der Waals surface area contributed by atoms with Crippen molar-refractivity contribution in [2.45, 2.75) is 64.8 Å². The van der Waals surface area contributed by atoms with Crippen molar-refractivity contribution in [2.75, 3.05) is 6.54 Å². The van der Waals surface area contributed by atoms with E-state index in [9.17, 15) is 0 Å². The minimum absolute atomic E-state index is 0.557. The van der Waals surface area contributed by atoms with Gasteiger partial charge in [-0.1, -0.05) is 39.0 Å². The van der Waals surface area contributed by atoms with Gasteiger partial charge in [0, 0.05) is 10.9 Å². The zero-order valence-corrected chi connectivity index (χ0v) is 14.6. The van der Waals surface area contributed by atoms with Gasteiger partial charge in [-0.3, -0.25) is 0 Å². The molecule has 1 atom stereocenters. The number of rotatable bonds is 6. The van der Waals surface area contributed by atoms with Gasteiger partial charge in [0.25, 0.3) is 0 Å². The third kappa shape index (κ3) is 4.57. The summed E-state index contributed by atoms with van der Waals surface area (Å²) in [4.78, 5) is 1.50. The molecule has 0 amide bonds. The third-order valence-electron chi connectivity index (χ3n) is 4.26. The van der Waals surface area contributed by atoms with Crippen molar-refractivity contribution in [1.29, 1.82) is 0 Å². The number of thiophene rings is 1. The van der Waals surface area contributed by atoms with Crippen molar-refractivity contribution in [3.63, 3.8) is 0 Å². The van der Waals surface area contributed by atoms with Crippen molar-refractivity contribution in [1.82, 2.24) is 5.32 Å². The van der Waals surface area contributed by atoms with Crippen LogP contribution in [0.4, 0.5) is 0 Å². The molecule has 1 N–H and O–H groups in total. The van der Waals surface area contributed by atoms with Crippen LogP contribution in [0.25, 0.3) is 0 Å². The number of halogens is 1. The lowest BCUT2D eigenvalue weighted by Gasteiger charge is -2.24. The van der Waals surface area contributed by atoms with Crippen molar-refractivity contribution in [3.05, 3.63) is 20.3 Å². The molecule has 0 radical (unpaired) electrons. The average Bonchev–Trinajstić information content (AvgIpc) is 2.76. The largest absolute Gasteiger partial charge is 0.310 e. The molecule has 1 fully saturated rings. The van der Waals surface area contributed by atoms with Crippen LogP contribution in [0.15, 0.2) is 9.85 Å². The van der Waals surface area contributed by atoms with E-state index in [1.165, 1.54) is 59.2 Å². The standard InChI is InChI=1S/C16H26BrNS/c1-3-18-14(15-11-12(2)16(17)19-15)10-9-13-7-5-4-6-8-13/h11,13-14,18H,3-10H2,1-2H3. The highest BCUT2D eigenvalue weighted by Crippen LogP contribution is 2.35. The van der Waals surface area contributed by atoms with Gasteiger partial charge in [-0.15, -0.1) is 11.3 Å². The summed E-state index contributed by atoms with van der Waals surface area (Å²) in [6.45, 7) is 5.46.